The van der Waals surface area contributed by atoms with E-state index in [0.29, 0.717) is 17.7 Å². The van der Waals surface area contributed by atoms with Crippen molar-refractivity contribution in [3.63, 3.8) is 0 Å². The summed E-state index contributed by atoms with van der Waals surface area (Å²) >= 11 is 3.28. The van der Waals surface area contributed by atoms with Crippen molar-refractivity contribution in [2.24, 2.45) is 5.92 Å². The minimum Gasteiger partial charge on any atom is -0.450 e. The molecule has 0 bridgehead atoms. The first-order valence-corrected chi connectivity index (χ1v) is 11.1. The smallest absolute Gasteiger partial charge is 0.413 e. The van der Waals surface area contributed by atoms with Gasteiger partial charge >= 0.3 is 12.1 Å². The van der Waals surface area contributed by atoms with Crippen molar-refractivity contribution < 1.29 is 19.1 Å². The minimum absolute atomic E-state index is 0.0960. The molecule has 4 N–H and O–H groups in total. The summed E-state index contributed by atoms with van der Waals surface area (Å²) in [5.74, 6) is -0.0908. The number of amides is 4. The molecule has 1 saturated carbocycles. The molecule has 0 spiro atoms. The molecular weight excluding hydrogens is 376 g/mol. The zero-order chi connectivity index (χ0) is 18.5. The van der Waals surface area contributed by atoms with Gasteiger partial charge in [0.15, 0.2) is 0 Å². The molecule has 5 atom stereocenters. The molecular formula is C16H26N4O4S2. The molecule has 1 aliphatic carbocycles. The van der Waals surface area contributed by atoms with E-state index in [4.69, 9.17) is 4.74 Å². The zero-order valence-electron chi connectivity index (χ0n) is 14.8. The van der Waals surface area contributed by atoms with Crippen LogP contribution in [0, 0.1) is 5.92 Å². The van der Waals surface area contributed by atoms with Gasteiger partial charge in [-0.05, 0) is 31.9 Å². The van der Waals surface area contributed by atoms with Crippen molar-refractivity contribution in [2.75, 3.05) is 12.4 Å². The van der Waals surface area contributed by atoms with Crippen LogP contribution in [0.5, 0.6) is 0 Å². The van der Waals surface area contributed by atoms with E-state index in [2.05, 4.69) is 21.3 Å². The van der Waals surface area contributed by atoms with Crippen molar-refractivity contribution in [1.82, 2.24) is 21.3 Å². The summed E-state index contributed by atoms with van der Waals surface area (Å²) in [6.45, 7) is 1.88. The number of carbonyl (C=O) groups is 3. The SMILES string of the molecule is CCOC(=O)NC(=O)C1CCSC1NC(=O)NC1NC2CCCCC2S1. The number of hydrogen-bond donors (Lipinski definition) is 4. The van der Waals surface area contributed by atoms with Gasteiger partial charge in [-0.25, -0.2) is 9.59 Å². The maximum Gasteiger partial charge on any atom is 0.413 e. The van der Waals surface area contributed by atoms with Crippen molar-refractivity contribution in [3.8, 4) is 0 Å². The van der Waals surface area contributed by atoms with Crippen LogP contribution >= 0.6 is 23.5 Å². The summed E-state index contributed by atoms with van der Waals surface area (Å²) in [5.41, 5.74) is -0.0960. The summed E-state index contributed by atoms with van der Waals surface area (Å²) in [6, 6.07) is 0.185. The molecule has 3 fully saturated rings. The third kappa shape index (κ3) is 4.98. The maximum absolute atomic E-state index is 12.3. The molecule has 0 aromatic heterocycles. The number of nitrogens with one attached hydrogen (secondary N) is 4. The predicted octanol–water partition coefficient (Wildman–Crippen LogP) is 1.57. The molecule has 2 aliphatic heterocycles. The Labute approximate surface area is 161 Å². The Balaban J connectivity index is 1.45. The Hall–Kier alpha value is -1.13. The molecule has 3 aliphatic rings. The van der Waals surface area contributed by atoms with Crippen LogP contribution in [0.4, 0.5) is 9.59 Å². The van der Waals surface area contributed by atoms with E-state index >= 15 is 0 Å². The van der Waals surface area contributed by atoms with Gasteiger partial charge in [0.05, 0.1) is 17.9 Å². The van der Waals surface area contributed by atoms with Crippen molar-refractivity contribution in [3.05, 3.63) is 0 Å². The third-order valence-corrected chi connectivity index (χ3v) is 7.56. The van der Waals surface area contributed by atoms with E-state index in [1.54, 1.807) is 18.7 Å². The first kappa shape index (κ1) is 19.6. The number of urea groups is 1. The van der Waals surface area contributed by atoms with Gasteiger partial charge in [-0.2, -0.15) is 0 Å². The third-order valence-electron chi connectivity index (χ3n) is 4.84. The Morgan fingerprint density at radius 1 is 1.15 bits per heavy atom. The van der Waals surface area contributed by atoms with Gasteiger partial charge in [0.1, 0.15) is 5.50 Å². The fourth-order valence-electron chi connectivity index (χ4n) is 3.59. The molecule has 4 amide bonds. The highest BCUT2D eigenvalue weighted by atomic mass is 32.2. The number of thioether (sulfide) groups is 2. The van der Waals surface area contributed by atoms with Gasteiger partial charge in [-0.3, -0.25) is 15.4 Å². The average molecular weight is 403 g/mol. The van der Waals surface area contributed by atoms with E-state index in [9.17, 15) is 14.4 Å². The Morgan fingerprint density at radius 2 is 1.96 bits per heavy atom. The van der Waals surface area contributed by atoms with Crippen molar-refractivity contribution in [1.29, 1.82) is 0 Å². The summed E-state index contributed by atoms with van der Waals surface area (Å²) in [5, 5.41) is 11.7. The van der Waals surface area contributed by atoms with Crippen LogP contribution in [0.3, 0.4) is 0 Å². The molecule has 3 rings (SSSR count). The Kier molecular flexibility index (Phi) is 6.93. The minimum atomic E-state index is -0.744. The Bertz CT molecular complexity index is 536. The van der Waals surface area contributed by atoms with E-state index in [0.717, 1.165) is 12.2 Å². The molecule has 2 saturated heterocycles. The predicted molar refractivity (Wildman–Crippen MR) is 102 cm³/mol. The topological polar surface area (TPSA) is 109 Å². The summed E-state index contributed by atoms with van der Waals surface area (Å²) in [4.78, 5) is 36.0. The monoisotopic (exact) mass is 402 g/mol. The van der Waals surface area contributed by atoms with Crippen molar-refractivity contribution >= 4 is 41.6 Å². The van der Waals surface area contributed by atoms with Crippen molar-refractivity contribution in [2.45, 2.75) is 61.2 Å². The lowest BCUT2D eigenvalue weighted by molar-refractivity contribution is -0.124. The number of hydrogen-bond acceptors (Lipinski definition) is 7. The highest BCUT2D eigenvalue weighted by Crippen LogP contribution is 2.36. The van der Waals surface area contributed by atoms with E-state index < -0.39 is 17.9 Å². The lowest BCUT2D eigenvalue weighted by atomic mass is 9.95. The number of imide groups is 1. The standard InChI is InChI=1S/C16H26N4O4S2/c1-2-24-16(23)18-12(21)9-7-8-25-13(9)19-14(22)20-15-17-10-5-3-4-6-11(10)26-15/h9-11,13,15,17H,2-8H2,1H3,(H,18,21,23)(H2,19,20,22). The molecule has 0 aromatic carbocycles. The lowest BCUT2D eigenvalue weighted by Gasteiger charge is -2.23. The summed E-state index contributed by atoms with van der Waals surface area (Å²) < 4.78 is 4.74. The number of fused-ring (bicyclic) bond motifs is 1. The van der Waals surface area contributed by atoms with Gasteiger partial charge in [-0.1, -0.05) is 12.8 Å². The highest BCUT2D eigenvalue weighted by Gasteiger charge is 2.38. The van der Waals surface area contributed by atoms with Crippen LogP contribution in [0.1, 0.15) is 39.0 Å². The molecule has 10 heteroatoms. The molecule has 5 unspecified atom stereocenters. The van der Waals surface area contributed by atoms with Gasteiger partial charge in [-0.15, -0.1) is 23.5 Å². The van der Waals surface area contributed by atoms with E-state index in [1.807, 2.05) is 0 Å². The number of alkyl carbamates (subject to hydrolysis) is 1. The second-order valence-electron chi connectivity index (χ2n) is 6.63. The fraction of sp³-hybridized carbons (Fsp3) is 0.812. The average Bonchev–Trinajstić information content (AvgIpc) is 3.20. The van der Waals surface area contributed by atoms with Gasteiger partial charge in [0.25, 0.3) is 0 Å². The second kappa shape index (κ2) is 9.18. The lowest BCUT2D eigenvalue weighted by Crippen LogP contribution is -2.51. The van der Waals surface area contributed by atoms with Crippen LogP contribution in [0.2, 0.25) is 0 Å². The Morgan fingerprint density at radius 3 is 2.73 bits per heavy atom. The number of carbonyl (C=O) groups excluding carboxylic acids is 3. The van der Waals surface area contributed by atoms with Crippen LogP contribution < -0.4 is 21.3 Å². The number of ether oxygens (including phenoxy) is 1. The summed E-state index contributed by atoms with van der Waals surface area (Å²) in [7, 11) is 0. The van der Waals surface area contributed by atoms with Gasteiger partial charge in [0.2, 0.25) is 5.91 Å². The molecule has 8 nitrogen and oxygen atoms in total. The first-order valence-electron chi connectivity index (χ1n) is 9.14. The maximum atomic E-state index is 12.3. The van der Waals surface area contributed by atoms with Gasteiger partial charge in [0, 0.05) is 11.3 Å². The van der Waals surface area contributed by atoms with Crippen LogP contribution in [-0.2, 0) is 9.53 Å². The quantitative estimate of drug-likeness (QED) is 0.565. The highest BCUT2D eigenvalue weighted by molar-refractivity contribution is 8.00. The summed E-state index contributed by atoms with van der Waals surface area (Å²) in [6.07, 6.45) is 4.71. The first-order chi connectivity index (χ1) is 12.6. The molecule has 146 valence electrons. The van der Waals surface area contributed by atoms with Crippen LogP contribution in [0.25, 0.3) is 0 Å². The van der Waals surface area contributed by atoms with E-state index in [1.165, 1.54) is 31.0 Å². The second-order valence-corrected chi connectivity index (χ2v) is 9.22. The van der Waals surface area contributed by atoms with Gasteiger partial charge < -0.3 is 15.4 Å². The molecule has 0 radical (unpaired) electrons. The zero-order valence-corrected chi connectivity index (χ0v) is 16.4. The largest absolute Gasteiger partial charge is 0.450 e. The number of rotatable bonds is 4. The molecule has 26 heavy (non-hydrogen) atoms. The molecule has 2 heterocycles. The van der Waals surface area contributed by atoms with Crippen LogP contribution in [-0.4, -0.2) is 52.6 Å². The van der Waals surface area contributed by atoms with E-state index in [-0.39, 0.29) is 23.5 Å². The molecule has 0 aromatic rings. The normalized spacial score (nSPS) is 33.2. The van der Waals surface area contributed by atoms with Crippen LogP contribution in [0.15, 0.2) is 0 Å². The fourth-order valence-corrected chi connectivity index (χ4v) is 6.40.